The highest BCUT2D eigenvalue weighted by Crippen LogP contribution is 2.24. The summed E-state index contributed by atoms with van der Waals surface area (Å²) in [5, 5.41) is 8.97. The number of hydrogen-bond donors (Lipinski definition) is 1. The summed E-state index contributed by atoms with van der Waals surface area (Å²) in [7, 11) is 0. The van der Waals surface area contributed by atoms with Gasteiger partial charge in [-0.15, -0.1) is 0 Å². The second kappa shape index (κ2) is 6.23. The third kappa shape index (κ3) is 3.18. The van der Waals surface area contributed by atoms with Crippen molar-refractivity contribution in [3.8, 4) is 0 Å². The van der Waals surface area contributed by atoms with Crippen LogP contribution in [0.15, 0.2) is 0 Å². The van der Waals surface area contributed by atoms with Crippen LogP contribution in [0.3, 0.4) is 0 Å². The molecule has 6 heteroatoms. The Balaban J connectivity index is 1.98. The Morgan fingerprint density at radius 2 is 2.05 bits per heavy atom. The molecule has 2 aliphatic rings. The first kappa shape index (κ1) is 14.1. The lowest BCUT2D eigenvalue weighted by molar-refractivity contribution is -0.154. The summed E-state index contributed by atoms with van der Waals surface area (Å²) in [4.78, 5) is 26.9. The number of carboxylic acids is 1. The molecule has 0 spiro atoms. The topological polar surface area (TPSA) is 70.1 Å². The molecule has 1 aliphatic heterocycles. The van der Waals surface area contributed by atoms with Crippen LogP contribution < -0.4 is 0 Å². The van der Waals surface area contributed by atoms with Crippen molar-refractivity contribution < 1.29 is 19.4 Å². The summed E-state index contributed by atoms with van der Waals surface area (Å²) in [5.41, 5.74) is 0. The number of nitrogens with zero attached hydrogens (tertiary/aromatic N) is 2. The number of carbonyl (C=O) groups is 2. The Kier molecular flexibility index (Phi) is 4.63. The summed E-state index contributed by atoms with van der Waals surface area (Å²) < 4.78 is 5.15. The summed E-state index contributed by atoms with van der Waals surface area (Å²) in [6, 6.07) is 0.285. The highest BCUT2D eigenvalue weighted by atomic mass is 16.5. The molecular formula is C13H22N2O4. The highest BCUT2D eigenvalue weighted by molar-refractivity contribution is 5.77. The predicted molar refractivity (Wildman–Crippen MR) is 69.0 cm³/mol. The van der Waals surface area contributed by atoms with E-state index in [1.807, 2.05) is 11.8 Å². The number of amides is 2. The van der Waals surface area contributed by atoms with Crippen LogP contribution in [0.2, 0.25) is 0 Å². The number of carboxylic acid groups (broad SMARTS) is 1. The second-order valence-electron chi connectivity index (χ2n) is 5.15. The minimum atomic E-state index is -0.999. The maximum atomic E-state index is 12.5. The lowest BCUT2D eigenvalue weighted by Crippen LogP contribution is -2.54. The van der Waals surface area contributed by atoms with Gasteiger partial charge in [0.2, 0.25) is 0 Å². The van der Waals surface area contributed by atoms with Crippen molar-refractivity contribution in [2.75, 3.05) is 26.2 Å². The standard InChI is InChI=1S/C13H22N2O4/c1-2-15(10-5-3-4-6-10)13(18)14-7-8-19-11(9-14)12(16)17/h10-11H,2-9H2,1H3,(H,16,17). The molecule has 2 fully saturated rings. The maximum Gasteiger partial charge on any atom is 0.334 e. The number of carbonyl (C=O) groups excluding carboxylic acids is 1. The maximum absolute atomic E-state index is 12.5. The molecular weight excluding hydrogens is 248 g/mol. The van der Waals surface area contributed by atoms with E-state index in [4.69, 9.17) is 9.84 Å². The minimum Gasteiger partial charge on any atom is -0.479 e. The van der Waals surface area contributed by atoms with E-state index in [2.05, 4.69) is 0 Å². The van der Waals surface area contributed by atoms with E-state index in [9.17, 15) is 9.59 Å². The number of hydrogen-bond acceptors (Lipinski definition) is 3. The van der Waals surface area contributed by atoms with E-state index in [1.54, 1.807) is 4.90 Å². The Labute approximate surface area is 113 Å². The molecule has 0 aromatic carbocycles. The first-order chi connectivity index (χ1) is 9.13. The van der Waals surface area contributed by atoms with Gasteiger partial charge in [-0.25, -0.2) is 9.59 Å². The molecule has 1 saturated carbocycles. The predicted octanol–water partition coefficient (Wildman–Crippen LogP) is 1.16. The molecule has 108 valence electrons. The molecule has 0 aromatic rings. The van der Waals surface area contributed by atoms with Gasteiger partial charge in [-0.2, -0.15) is 0 Å². The van der Waals surface area contributed by atoms with Gasteiger partial charge in [0.25, 0.3) is 0 Å². The molecule has 0 radical (unpaired) electrons. The Bertz CT molecular complexity index is 342. The Morgan fingerprint density at radius 1 is 1.37 bits per heavy atom. The SMILES string of the molecule is CCN(C(=O)N1CCOC(C(=O)O)C1)C1CCCC1. The van der Waals surface area contributed by atoms with E-state index in [0.717, 1.165) is 12.8 Å². The van der Waals surface area contributed by atoms with Crippen LogP contribution in [0.4, 0.5) is 4.79 Å². The van der Waals surface area contributed by atoms with E-state index in [0.29, 0.717) is 25.7 Å². The lowest BCUT2D eigenvalue weighted by Gasteiger charge is -2.37. The summed E-state index contributed by atoms with van der Waals surface area (Å²) >= 11 is 0. The smallest absolute Gasteiger partial charge is 0.334 e. The zero-order valence-corrected chi connectivity index (χ0v) is 11.4. The van der Waals surface area contributed by atoms with Crippen molar-refractivity contribution in [3.63, 3.8) is 0 Å². The van der Waals surface area contributed by atoms with Crippen LogP contribution in [0.5, 0.6) is 0 Å². The van der Waals surface area contributed by atoms with Gasteiger partial charge in [0.15, 0.2) is 6.10 Å². The second-order valence-corrected chi connectivity index (χ2v) is 5.15. The third-order valence-electron chi connectivity index (χ3n) is 3.96. The molecule has 19 heavy (non-hydrogen) atoms. The fourth-order valence-corrected chi connectivity index (χ4v) is 2.92. The normalized spacial score (nSPS) is 24.5. The van der Waals surface area contributed by atoms with Crippen molar-refractivity contribution in [3.05, 3.63) is 0 Å². The fourth-order valence-electron chi connectivity index (χ4n) is 2.92. The molecule has 1 N–H and O–H groups in total. The molecule has 0 aromatic heterocycles. The van der Waals surface area contributed by atoms with Crippen LogP contribution in [0.1, 0.15) is 32.6 Å². The van der Waals surface area contributed by atoms with E-state index in [-0.39, 0.29) is 12.6 Å². The van der Waals surface area contributed by atoms with Gasteiger partial charge in [0.1, 0.15) is 0 Å². The van der Waals surface area contributed by atoms with Crippen molar-refractivity contribution in [1.29, 1.82) is 0 Å². The fraction of sp³-hybridized carbons (Fsp3) is 0.846. The summed E-state index contributed by atoms with van der Waals surface area (Å²) in [5.74, 6) is -0.999. The summed E-state index contributed by atoms with van der Waals surface area (Å²) in [6.07, 6.45) is 3.59. The first-order valence-electron chi connectivity index (χ1n) is 7.03. The molecule has 2 amide bonds. The van der Waals surface area contributed by atoms with Crippen molar-refractivity contribution in [2.24, 2.45) is 0 Å². The van der Waals surface area contributed by atoms with Crippen molar-refractivity contribution in [1.82, 2.24) is 9.80 Å². The molecule has 1 unspecified atom stereocenters. The van der Waals surface area contributed by atoms with Gasteiger partial charge in [0, 0.05) is 19.1 Å². The molecule has 6 nitrogen and oxygen atoms in total. The lowest BCUT2D eigenvalue weighted by atomic mass is 10.2. The van der Waals surface area contributed by atoms with Gasteiger partial charge < -0.3 is 19.6 Å². The quantitative estimate of drug-likeness (QED) is 0.835. The Hall–Kier alpha value is -1.30. The molecule has 1 saturated heterocycles. The minimum absolute atomic E-state index is 0.0380. The number of ether oxygens (including phenoxy) is 1. The average Bonchev–Trinajstić information content (AvgIpc) is 2.93. The number of rotatable bonds is 3. The zero-order chi connectivity index (χ0) is 13.8. The van der Waals surface area contributed by atoms with E-state index in [1.165, 1.54) is 12.8 Å². The first-order valence-corrected chi connectivity index (χ1v) is 7.03. The van der Waals surface area contributed by atoms with E-state index >= 15 is 0 Å². The van der Waals surface area contributed by atoms with Gasteiger partial charge >= 0.3 is 12.0 Å². The van der Waals surface area contributed by atoms with Crippen LogP contribution in [0.25, 0.3) is 0 Å². The highest BCUT2D eigenvalue weighted by Gasteiger charge is 2.33. The largest absolute Gasteiger partial charge is 0.479 e. The molecule has 1 atom stereocenters. The van der Waals surface area contributed by atoms with Crippen LogP contribution in [-0.2, 0) is 9.53 Å². The van der Waals surface area contributed by atoms with Crippen molar-refractivity contribution >= 4 is 12.0 Å². The number of urea groups is 1. The molecule has 2 rings (SSSR count). The molecule has 1 heterocycles. The average molecular weight is 270 g/mol. The third-order valence-corrected chi connectivity index (χ3v) is 3.96. The van der Waals surface area contributed by atoms with Crippen LogP contribution in [0, 0.1) is 0 Å². The Morgan fingerprint density at radius 3 is 2.63 bits per heavy atom. The molecule has 1 aliphatic carbocycles. The van der Waals surface area contributed by atoms with Crippen molar-refractivity contribution in [2.45, 2.75) is 44.8 Å². The van der Waals surface area contributed by atoms with Gasteiger partial charge in [-0.3, -0.25) is 0 Å². The molecule has 0 bridgehead atoms. The number of aliphatic carboxylic acids is 1. The summed E-state index contributed by atoms with van der Waals surface area (Å²) in [6.45, 7) is 3.58. The number of morpholine rings is 1. The monoisotopic (exact) mass is 270 g/mol. The van der Waals surface area contributed by atoms with E-state index < -0.39 is 12.1 Å². The zero-order valence-electron chi connectivity index (χ0n) is 11.4. The van der Waals surface area contributed by atoms with Crippen LogP contribution >= 0.6 is 0 Å². The van der Waals surface area contributed by atoms with Gasteiger partial charge in [0.05, 0.1) is 13.2 Å². The van der Waals surface area contributed by atoms with Gasteiger partial charge in [-0.05, 0) is 19.8 Å². The van der Waals surface area contributed by atoms with Crippen LogP contribution in [-0.4, -0.2) is 65.3 Å². The van der Waals surface area contributed by atoms with Gasteiger partial charge in [-0.1, -0.05) is 12.8 Å².